The van der Waals surface area contributed by atoms with Gasteiger partial charge in [-0.15, -0.1) is 0 Å². The van der Waals surface area contributed by atoms with Crippen molar-refractivity contribution >= 4 is 40.4 Å². The first-order valence-electron chi connectivity index (χ1n) is 10.0. The molecule has 11 heteroatoms. The first-order chi connectivity index (χ1) is 15.4. The fourth-order valence-corrected chi connectivity index (χ4v) is 4.25. The van der Waals surface area contributed by atoms with Crippen LogP contribution >= 0.6 is 11.8 Å². The highest BCUT2D eigenvalue weighted by molar-refractivity contribution is 7.99. The minimum atomic E-state index is -0.520. The summed E-state index contributed by atoms with van der Waals surface area (Å²) in [4.78, 5) is 42.1. The number of carbonyl (C=O) groups is 2. The van der Waals surface area contributed by atoms with Gasteiger partial charge in [0.25, 0.3) is 5.56 Å². The van der Waals surface area contributed by atoms with Crippen LogP contribution < -0.4 is 10.9 Å². The predicted molar refractivity (Wildman–Crippen MR) is 117 cm³/mol. The molecule has 1 aromatic carbocycles. The van der Waals surface area contributed by atoms with Gasteiger partial charge in [-0.1, -0.05) is 16.9 Å². The molecular formula is C21H22N4O6S. The third-order valence-electron chi connectivity index (χ3n) is 4.98. The van der Waals surface area contributed by atoms with Crippen LogP contribution in [0.25, 0.3) is 10.9 Å². The number of hydrogen-bond donors (Lipinski definition) is 1. The molecule has 32 heavy (non-hydrogen) atoms. The molecule has 168 valence electrons. The largest absolute Gasteiger partial charge is 0.465 e. The Kier molecular flexibility index (Phi) is 6.56. The standard InChI is InChI=1S/C21H22N4O6S/c1-12-8-17(24-31-12)23-18(26)11-32-21-22-16-9-13(20(28)29-2)5-6-15(16)19(27)25(21)10-14-4-3-7-30-14/h5-6,8-9,14H,3-4,7,10-11H2,1-2H3,(H,23,24,26). The van der Waals surface area contributed by atoms with E-state index in [4.69, 9.17) is 14.0 Å². The molecule has 0 aliphatic carbocycles. The number of aryl methyl sites for hydroxylation is 1. The van der Waals surface area contributed by atoms with Gasteiger partial charge in [-0.05, 0) is 38.0 Å². The molecule has 1 aliphatic rings. The van der Waals surface area contributed by atoms with Gasteiger partial charge in [-0.3, -0.25) is 14.2 Å². The van der Waals surface area contributed by atoms with Crippen LogP contribution in [0.3, 0.4) is 0 Å². The second-order valence-corrected chi connectivity index (χ2v) is 8.27. The van der Waals surface area contributed by atoms with E-state index >= 15 is 0 Å². The maximum atomic E-state index is 13.2. The van der Waals surface area contributed by atoms with E-state index in [0.717, 1.165) is 24.6 Å². The predicted octanol–water partition coefficient (Wildman–Crippen LogP) is 2.39. The molecule has 10 nitrogen and oxygen atoms in total. The van der Waals surface area contributed by atoms with Crippen molar-refractivity contribution in [1.29, 1.82) is 0 Å². The zero-order valence-corrected chi connectivity index (χ0v) is 18.4. The van der Waals surface area contributed by atoms with Crippen LogP contribution in [0.5, 0.6) is 0 Å². The lowest BCUT2D eigenvalue weighted by Crippen LogP contribution is -2.29. The minimum absolute atomic E-state index is 0.00602. The van der Waals surface area contributed by atoms with Crippen molar-refractivity contribution in [3.8, 4) is 0 Å². The Morgan fingerprint density at radius 3 is 2.88 bits per heavy atom. The van der Waals surface area contributed by atoms with Gasteiger partial charge in [0, 0.05) is 12.7 Å². The monoisotopic (exact) mass is 458 g/mol. The van der Waals surface area contributed by atoms with E-state index in [0.29, 0.717) is 46.4 Å². The van der Waals surface area contributed by atoms with Gasteiger partial charge in [-0.2, -0.15) is 0 Å². The maximum absolute atomic E-state index is 13.2. The zero-order chi connectivity index (χ0) is 22.7. The van der Waals surface area contributed by atoms with Crippen LogP contribution in [0.2, 0.25) is 0 Å². The third-order valence-corrected chi connectivity index (χ3v) is 5.96. The number of thioether (sulfide) groups is 1. The molecular weight excluding hydrogens is 436 g/mol. The third kappa shape index (κ3) is 4.83. The zero-order valence-electron chi connectivity index (χ0n) is 17.6. The first kappa shape index (κ1) is 22.0. The topological polar surface area (TPSA) is 126 Å². The lowest BCUT2D eigenvalue weighted by Gasteiger charge is -2.16. The number of fused-ring (bicyclic) bond motifs is 1. The molecule has 1 aliphatic heterocycles. The van der Waals surface area contributed by atoms with Crippen molar-refractivity contribution in [2.45, 2.75) is 37.6 Å². The fourth-order valence-electron chi connectivity index (χ4n) is 3.44. The lowest BCUT2D eigenvalue weighted by molar-refractivity contribution is -0.113. The number of anilines is 1. The Balaban J connectivity index is 1.64. The van der Waals surface area contributed by atoms with Crippen molar-refractivity contribution in [3.63, 3.8) is 0 Å². The molecule has 1 amide bonds. The van der Waals surface area contributed by atoms with Gasteiger partial charge in [-0.25, -0.2) is 9.78 Å². The Bertz CT molecular complexity index is 1210. The summed E-state index contributed by atoms with van der Waals surface area (Å²) in [5, 5.41) is 7.13. The van der Waals surface area contributed by atoms with E-state index in [-0.39, 0.29) is 23.3 Å². The number of rotatable bonds is 7. The quantitative estimate of drug-likeness (QED) is 0.323. The SMILES string of the molecule is COC(=O)c1ccc2c(=O)n(CC3CCCO3)c(SCC(=O)Nc3cc(C)on3)nc2c1. The number of ether oxygens (including phenoxy) is 2. The summed E-state index contributed by atoms with van der Waals surface area (Å²) in [5.41, 5.74) is 0.396. The summed E-state index contributed by atoms with van der Waals surface area (Å²) in [6.07, 6.45) is 1.69. The van der Waals surface area contributed by atoms with Crippen molar-refractivity contribution in [1.82, 2.24) is 14.7 Å². The van der Waals surface area contributed by atoms with Crippen molar-refractivity contribution in [2.75, 3.05) is 24.8 Å². The Labute approximate surface area is 187 Å². The van der Waals surface area contributed by atoms with Gasteiger partial charge in [0.15, 0.2) is 11.0 Å². The van der Waals surface area contributed by atoms with Crippen molar-refractivity contribution in [3.05, 3.63) is 45.9 Å². The number of benzene rings is 1. The summed E-state index contributed by atoms with van der Waals surface area (Å²) in [5.74, 6) is 0.0693. The van der Waals surface area contributed by atoms with Gasteiger partial charge < -0.3 is 19.3 Å². The molecule has 1 N–H and O–H groups in total. The number of methoxy groups -OCH3 is 1. The Morgan fingerprint density at radius 1 is 1.34 bits per heavy atom. The van der Waals surface area contributed by atoms with Crippen molar-refractivity contribution < 1.29 is 23.6 Å². The van der Waals surface area contributed by atoms with Crippen LogP contribution in [0, 0.1) is 6.92 Å². The first-order valence-corrected chi connectivity index (χ1v) is 11.0. The second-order valence-electron chi connectivity index (χ2n) is 7.33. The van der Waals surface area contributed by atoms with Crippen LogP contribution in [-0.2, 0) is 20.8 Å². The number of aromatic nitrogens is 3. The van der Waals surface area contributed by atoms with E-state index in [1.54, 1.807) is 19.1 Å². The lowest BCUT2D eigenvalue weighted by atomic mass is 10.1. The number of esters is 1. The van der Waals surface area contributed by atoms with E-state index in [2.05, 4.69) is 15.5 Å². The molecule has 0 saturated carbocycles. The summed E-state index contributed by atoms with van der Waals surface area (Å²) in [6.45, 7) is 2.72. The number of nitrogens with zero attached hydrogens (tertiary/aromatic N) is 3. The highest BCUT2D eigenvalue weighted by atomic mass is 32.2. The van der Waals surface area contributed by atoms with Gasteiger partial charge in [0.1, 0.15) is 5.76 Å². The molecule has 2 aromatic heterocycles. The molecule has 4 rings (SSSR count). The van der Waals surface area contributed by atoms with Gasteiger partial charge in [0.2, 0.25) is 5.91 Å². The minimum Gasteiger partial charge on any atom is -0.465 e. The fraction of sp³-hybridized carbons (Fsp3) is 0.381. The second kappa shape index (κ2) is 9.53. The van der Waals surface area contributed by atoms with Crippen LogP contribution in [-0.4, -0.2) is 52.2 Å². The smallest absolute Gasteiger partial charge is 0.337 e. The molecule has 1 saturated heterocycles. The van der Waals surface area contributed by atoms with Crippen LogP contribution in [0.1, 0.15) is 29.0 Å². The molecule has 1 fully saturated rings. The summed E-state index contributed by atoms with van der Waals surface area (Å²) >= 11 is 1.12. The van der Waals surface area contributed by atoms with E-state index in [9.17, 15) is 14.4 Å². The van der Waals surface area contributed by atoms with E-state index in [1.165, 1.54) is 23.8 Å². The molecule has 3 heterocycles. The number of carbonyl (C=O) groups excluding carboxylic acids is 2. The number of nitrogens with one attached hydrogen (secondary N) is 1. The molecule has 1 unspecified atom stereocenters. The van der Waals surface area contributed by atoms with Crippen LogP contribution in [0.4, 0.5) is 5.82 Å². The van der Waals surface area contributed by atoms with Crippen molar-refractivity contribution in [2.24, 2.45) is 0 Å². The molecule has 0 spiro atoms. The van der Waals surface area contributed by atoms with E-state index in [1.807, 2.05) is 0 Å². The van der Waals surface area contributed by atoms with Gasteiger partial charge >= 0.3 is 5.97 Å². The summed E-state index contributed by atoms with van der Waals surface area (Å²) in [6, 6.07) is 6.23. The Hall–Kier alpha value is -3.18. The Morgan fingerprint density at radius 2 is 2.19 bits per heavy atom. The average Bonchev–Trinajstić information content (AvgIpc) is 3.45. The average molecular weight is 458 g/mol. The molecule has 0 bridgehead atoms. The highest BCUT2D eigenvalue weighted by Crippen LogP contribution is 2.22. The van der Waals surface area contributed by atoms with Crippen LogP contribution in [0.15, 0.2) is 38.7 Å². The maximum Gasteiger partial charge on any atom is 0.337 e. The normalized spacial score (nSPS) is 15.8. The summed E-state index contributed by atoms with van der Waals surface area (Å²) in [7, 11) is 1.29. The summed E-state index contributed by atoms with van der Waals surface area (Å²) < 4.78 is 16.9. The molecule has 0 radical (unpaired) electrons. The molecule has 3 aromatic rings. The number of hydrogen-bond acceptors (Lipinski definition) is 9. The van der Waals surface area contributed by atoms with E-state index < -0.39 is 5.97 Å². The molecule has 1 atom stereocenters. The van der Waals surface area contributed by atoms with Gasteiger partial charge in [0.05, 0.1) is 42.0 Å². The highest BCUT2D eigenvalue weighted by Gasteiger charge is 2.21. The number of amides is 1.